The van der Waals surface area contributed by atoms with E-state index in [-0.39, 0.29) is 5.91 Å². The van der Waals surface area contributed by atoms with E-state index in [0.717, 1.165) is 101 Å². The number of carbonyl (C=O) groups is 1. The Kier molecular flexibility index (Phi) is 7.90. The minimum absolute atomic E-state index is 0.272. The van der Waals surface area contributed by atoms with Gasteiger partial charge in [-0.05, 0) is 43.4 Å². The van der Waals surface area contributed by atoms with Crippen LogP contribution in [0.4, 0.5) is 23.0 Å². The molecule has 35 heavy (non-hydrogen) atoms. The van der Waals surface area contributed by atoms with E-state index >= 15 is 0 Å². The number of morpholine rings is 1. The van der Waals surface area contributed by atoms with Gasteiger partial charge in [0.15, 0.2) is 5.16 Å². The third-order valence-corrected chi connectivity index (χ3v) is 7.45. The Morgan fingerprint density at radius 1 is 0.943 bits per heavy atom. The molecule has 4 heterocycles. The van der Waals surface area contributed by atoms with E-state index < -0.39 is 0 Å². The van der Waals surface area contributed by atoms with Crippen molar-refractivity contribution in [1.82, 2.24) is 19.8 Å². The van der Waals surface area contributed by atoms with Crippen molar-refractivity contribution in [2.24, 2.45) is 0 Å². The summed E-state index contributed by atoms with van der Waals surface area (Å²) in [6.07, 6.45) is 4.28. The molecule has 3 aliphatic rings. The molecular formula is C25H35N7O2S. The highest BCUT2D eigenvalue weighted by molar-refractivity contribution is 7.98. The normalized spacial score (nSPS) is 19.3. The maximum Gasteiger partial charge on any atom is 0.236 e. The van der Waals surface area contributed by atoms with Gasteiger partial charge in [0.05, 0.1) is 19.8 Å². The van der Waals surface area contributed by atoms with Crippen LogP contribution in [-0.2, 0) is 9.53 Å². The molecule has 9 nitrogen and oxygen atoms in total. The summed E-state index contributed by atoms with van der Waals surface area (Å²) < 4.78 is 5.46. The molecule has 3 aliphatic heterocycles. The molecule has 1 aromatic heterocycles. The molecule has 0 unspecified atom stereocenters. The first-order chi connectivity index (χ1) is 17.2. The van der Waals surface area contributed by atoms with Crippen molar-refractivity contribution in [2.75, 3.05) is 93.5 Å². The number of rotatable bonds is 7. The number of thioether (sulfide) groups is 1. The highest BCUT2D eigenvalue weighted by atomic mass is 32.2. The van der Waals surface area contributed by atoms with Crippen molar-refractivity contribution in [2.45, 2.75) is 18.0 Å². The Hall–Kier alpha value is -2.56. The van der Waals surface area contributed by atoms with E-state index in [1.54, 1.807) is 11.8 Å². The molecule has 0 spiro atoms. The number of aromatic nitrogens is 2. The van der Waals surface area contributed by atoms with Crippen LogP contribution in [0.3, 0.4) is 0 Å². The fourth-order valence-electron chi connectivity index (χ4n) is 4.85. The third-order valence-electron chi connectivity index (χ3n) is 6.90. The first kappa shape index (κ1) is 24.1. The summed E-state index contributed by atoms with van der Waals surface area (Å²) in [5, 5.41) is 4.21. The molecule has 10 heteroatoms. The van der Waals surface area contributed by atoms with Gasteiger partial charge in [0.2, 0.25) is 5.91 Å². The summed E-state index contributed by atoms with van der Waals surface area (Å²) in [6.45, 7) is 9.23. The van der Waals surface area contributed by atoms with Crippen molar-refractivity contribution in [3.8, 4) is 0 Å². The molecule has 1 N–H and O–H groups in total. The summed E-state index contributed by atoms with van der Waals surface area (Å²) in [5.74, 6) is 2.00. The van der Waals surface area contributed by atoms with Gasteiger partial charge in [-0.1, -0.05) is 11.8 Å². The zero-order chi connectivity index (χ0) is 24.0. The lowest BCUT2D eigenvalue weighted by Gasteiger charge is -2.35. The van der Waals surface area contributed by atoms with Crippen molar-refractivity contribution in [3.05, 3.63) is 30.3 Å². The highest BCUT2D eigenvalue weighted by Crippen LogP contribution is 2.26. The minimum Gasteiger partial charge on any atom is -0.378 e. The predicted molar refractivity (Wildman–Crippen MR) is 141 cm³/mol. The molecular weight excluding hydrogens is 462 g/mol. The maximum absolute atomic E-state index is 12.5. The van der Waals surface area contributed by atoms with Crippen molar-refractivity contribution < 1.29 is 9.53 Å². The first-order valence-electron chi connectivity index (χ1n) is 12.6. The summed E-state index contributed by atoms with van der Waals surface area (Å²) in [6, 6.07) is 10.5. The van der Waals surface area contributed by atoms with Gasteiger partial charge >= 0.3 is 0 Å². The molecule has 0 aliphatic carbocycles. The van der Waals surface area contributed by atoms with Crippen LogP contribution in [0, 0.1) is 0 Å². The number of nitrogens with zero attached hydrogens (tertiary/aromatic N) is 6. The van der Waals surface area contributed by atoms with Crippen LogP contribution in [-0.4, -0.2) is 104 Å². The summed E-state index contributed by atoms with van der Waals surface area (Å²) >= 11 is 1.55. The molecule has 0 radical (unpaired) electrons. The van der Waals surface area contributed by atoms with Crippen LogP contribution in [0.5, 0.6) is 0 Å². The lowest BCUT2D eigenvalue weighted by Crippen LogP contribution is -2.50. The van der Waals surface area contributed by atoms with Crippen molar-refractivity contribution >= 4 is 40.7 Å². The number of anilines is 4. The summed E-state index contributed by atoms with van der Waals surface area (Å²) in [5.41, 5.74) is 2.22. The smallest absolute Gasteiger partial charge is 0.236 e. The Bertz CT molecular complexity index is 986. The number of ether oxygens (including phenoxy) is 1. The SMILES string of the molecule is CSc1nc(Nc2ccc(N3CCOCC3)cc2)cc(N2CCN(CC(=O)N3CCCC3)CC2)n1. The van der Waals surface area contributed by atoms with Crippen LogP contribution >= 0.6 is 11.8 Å². The lowest BCUT2D eigenvalue weighted by atomic mass is 10.2. The van der Waals surface area contributed by atoms with Gasteiger partial charge in [0.1, 0.15) is 11.6 Å². The number of nitrogens with one attached hydrogen (secondary N) is 1. The molecule has 5 rings (SSSR count). The van der Waals surface area contributed by atoms with Crippen molar-refractivity contribution in [3.63, 3.8) is 0 Å². The average Bonchev–Trinajstić information content (AvgIpc) is 3.45. The Balaban J connectivity index is 1.20. The molecule has 3 fully saturated rings. The number of benzene rings is 1. The molecule has 188 valence electrons. The third kappa shape index (κ3) is 6.17. The number of hydrogen-bond acceptors (Lipinski definition) is 9. The molecule has 0 saturated carbocycles. The summed E-state index contributed by atoms with van der Waals surface area (Å²) in [4.78, 5) is 30.9. The number of piperazine rings is 1. The number of amides is 1. The fraction of sp³-hybridized carbons (Fsp3) is 0.560. The topological polar surface area (TPSA) is 77.1 Å². The van der Waals surface area contributed by atoms with Gasteiger partial charge in [-0.25, -0.2) is 9.97 Å². The quantitative estimate of drug-likeness (QED) is 0.459. The Labute approximate surface area is 211 Å². The first-order valence-corrected chi connectivity index (χ1v) is 13.8. The van der Waals surface area contributed by atoms with Gasteiger partial charge in [-0.3, -0.25) is 9.69 Å². The molecule has 2 aromatic rings. The highest BCUT2D eigenvalue weighted by Gasteiger charge is 2.24. The van der Waals surface area contributed by atoms with Crippen LogP contribution in [0.25, 0.3) is 0 Å². The molecule has 0 atom stereocenters. The second kappa shape index (κ2) is 11.5. The van der Waals surface area contributed by atoms with Crippen molar-refractivity contribution in [1.29, 1.82) is 0 Å². The number of carbonyl (C=O) groups excluding carboxylic acids is 1. The van der Waals surface area contributed by atoms with Gasteiger partial charge in [0, 0.05) is 69.8 Å². The fourth-order valence-corrected chi connectivity index (χ4v) is 5.22. The van der Waals surface area contributed by atoms with Crippen LogP contribution in [0.15, 0.2) is 35.5 Å². The van der Waals surface area contributed by atoms with Crippen LogP contribution < -0.4 is 15.1 Å². The molecule has 1 amide bonds. The average molecular weight is 498 g/mol. The molecule has 3 saturated heterocycles. The van der Waals surface area contributed by atoms with E-state index in [2.05, 4.69) is 49.3 Å². The molecule has 0 bridgehead atoms. The Morgan fingerprint density at radius 3 is 2.34 bits per heavy atom. The van der Waals surface area contributed by atoms with Gasteiger partial charge in [0.25, 0.3) is 0 Å². The van der Waals surface area contributed by atoms with E-state index in [1.807, 2.05) is 17.2 Å². The van der Waals surface area contributed by atoms with E-state index in [0.29, 0.717) is 6.54 Å². The van der Waals surface area contributed by atoms with E-state index in [1.165, 1.54) is 5.69 Å². The molecule has 1 aromatic carbocycles. The largest absolute Gasteiger partial charge is 0.378 e. The standard InChI is InChI=1S/C25H35N7O2S/c1-35-25-27-22(26-20-4-6-21(7-5-20)30-14-16-34-17-15-30)18-23(28-25)31-12-10-29(11-13-31)19-24(33)32-8-2-3-9-32/h4-7,18H,2-3,8-17,19H2,1H3,(H,26,27,28). The van der Waals surface area contributed by atoms with Crippen LogP contribution in [0.2, 0.25) is 0 Å². The van der Waals surface area contributed by atoms with E-state index in [4.69, 9.17) is 9.72 Å². The van der Waals surface area contributed by atoms with Gasteiger partial charge < -0.3 is 24.8 Å². The predicted octanol–water partition coefficient (Wildman–Crippen LogP) is 2.52. The van der Waals surface area contributed by atoms with Gasteiger partial charge in [-0.2, -0.15) is 0 Å². The van der Waals surface area contributed by atoms with Gasteiger partial charge in [-0.15, -0.1) is 0 Å². The zero-order valence-corrected chi connectivity index (χ0v) is 21.3. The number of likely N-dealkylation sites (tertiary alicyclic amines) is 1. The monoisotopic (exact) mass is 497 g/mol. The van der Waals surface area contributed by atoms with Crippen LogP contribution in [0.1, 0.15) is 12.8 Å². The number of hydrogen-bond donors (Lipinski definition) is 1. The minimum atomic E-state index is 0.272. The zero-order valence-electron chi connectivity index (χ0n) is 20.5. The maximum atomic E-state index is 12.5. The Morgan fingerprint density at radius 2 is 1.66 bits per heavy atom. The summed E-state index contributed by atoms with van der Waals surface area (Å²) in [7, 11) is 0. The second-order valence-corrected chi connectivity index (χ2v) is 9.99. The second-order valence-electron chi connectivity index (χ2n) is 9.22. The van der Waals surface area contributed by atoms with E-state index in [9.17, 15) is 4.79 Å². The lowest BCUT2D eigenvalue weighted by molar-refractivity contribution is -0.131.